The van der Waals surface area contributed by atoms with E-state index >= 15 is 0 Å². The van der Waals surface area contributed by atoms with Gasteiger partial charge in [0.15, 0.2) is 6.54 Å². The van der Waals surface area contributed by atoms with Crippen molar-refractivity contribution in [2.45, 2.75) is 42.9 Å². The molecule has 152 valence electrons. The second-order valence-electron chi connectivity index (χ2n) is 7.51. The Morgan fingerprint density at radius 2 is 2.03 bits per heavy atom. The molecule has 2 aromatic heterocycles. The smallest absolute Gasteiger partial charge is 0.279 e. The minimum atomic E-state index is 0.0224. The largest absolute Gasteiger partial charge is 0.364 e. The number of benzene rings is 1. The molecule has 3 atom stereocenters. The van der Waals surface area contributed by atoms with Crippen molar-refractivity contribution in [2.75, 3.05) is 25.0 Å². The van der Waals surface area contributed by atoms with Crippen LogP contribution in [0, 0.1) is 6.92 Å². The lowest BCUT2D eigenvalue weighted by atomic mass is 10.2. The van der Waals surface area contributed by atoms with E-state index in [1.54, 1.807) is 29.4 Å². The molecule has 1 unspecified atom stereocenters. The highest BCUT2D eigenvalue weighted by Gasteiger charge is 2.27. The van der Waals surface area contributed by atoms with Crippen LogP contribution in [0.5, 0.6) is 0 Å². The summed E-state index contributed by atoms with van der Waals surface area (Å²) in [7, 11) is 0. The number of anilines is 1. The van der Waals surface area contributed by atoms with Crippen LogP contribution in [0.2, 0.25) is 0 Å². The Bertz CT molecular complexity index is 1010. The molecule has 2 N–H and O–H groups in total. The third-order valence-corrected chi connectivity index (χ3v) is 7.20. The summed E-state index contributed by atoms with van der Waals surface area (Å²) in [6.45, 7) is 8.33. The van der Waals surface area contributed by atoms with Crippen molar-refractivity contribution in [1.82, 2.24) is 9.97 Å². The fourth-order valence-electron chi connectivity index (χ4n) is 3.74. The molecule has 3 aromatic rings. The maximum Gasteiger partial charge on any atom is 0.279 e. The summed E-state index contributed by atoms with van der Waals surface area (Å²) >= 11 is 3.22. The third kappa shape index (κ3) is 4.78. The first-order chi connectivity index (χ1) is 14.0. The fraction of sp³-hybridized carbons (Fsp3) is 0.381. The molecular formula is C21H25N4O2S2+. The maximum atomic E-state index is 12.7. The number of ether oxygens (including phenoxy) is 1. The average molecular weight is 430 g/mol. The number of morpholine rings is 1. The number of carbonyl (C=O) groups excluding carboxylic acids is 1. The van der Waals surface area contributed by atoms with E-state index in [2.05, 4.69) is 41.4 Å². The molecular weight excluding hydrogens is 404 g/mol. The Morgan fingerprint density at radius 1 is 1.28 bits per heavy atom. The average Bonchev–Trinajstić information content (AvgIpc) is 3.04. The van der Waals surface area contributed by atoms with Crippen LogP contribution in [0.25, 0.3) is 10.2 Å². The SMILES string of the molecule is Cc1csc2c(Sc3ccccc3NC(=O)C[NH+]3C[C@@H](C)O[C@@H](C)C3)ncnc12. The number of thiophene rings is 1. The highest BCUT2D eigenvalue weighted by molar-refractivity contribution is 7.99. The zero-order chi connectivity index (χ0) is 20.4. The van der Waals surface area contributed by atoms with Crippen LogP contribution in [0.1, 0.15) is 19.4 Å². The van der Waals surface area contributed by atoms with Crippen LogP contribution in [0.15, 0.2) is 45.9 Å². The molecule has 4 rings (SSSR count). The number of aryl methyl sites for hydroxylation is 1. The number of hydrogen-bond donors (Lipinski definition) is 2. The summed E-state index contributed by atoms with van der Waals surface area (Å²) in [4.78, 5) is 23.8. The van der Waals surface area contributed by atoms with Gasteiger partial charge < -0.3 is 15.0 Å². The van der Waals surface area contributed by atoms with Gasteiger partial charge >= 0.3 is 0 Å². The van der Waals surface area contributed by atoms with Crippen molar-refractivity contribution in [3.8, 4) is 0 Å². The first-order valence-electron chi connectivity index (χ1n) is 9.74. The molecule has 0 saturated carbocycles. The Balaban J connectivity index is 1.49. The minimum absolute atomic E-state index is 0.0224. The molecule has 8 heteroatoms. The Morgan fingerprint density at radius 3 is 2.83 bits per heavy atom. The van der Waals surface area contributed by atoms with Gasteiger partial charge in [-0.25, -0.2) is 9.97 Å². The summed E-state index contributed by atoms with van der Waals surface area (Å²) in [5.74, 6) is 0.0224. The van der Waals surface area contributed by atoms with Gasteiger partial charge in [0, 0.05) is 4.90 Å². The van der Waals surface area contributed by atoms with Crippen LogP contribution >= 0.6 is 23.1 Å². The Labute approximate surface area is 178 Å². The zero-order valence-electron chi connectivity index (χ0n) is 16.8. The first kappa shape index (κ1) is 20.3. The lowest BCUT2D eigenvalue weighted by Crippen LogP contribution is -3.16. The molecule has 0 aliphatic carbocycles. The molecule has 1 aromatic carbocycles. The number of nitrogens with one attached hydrogen (secondary N) is 2. The molecule has 6 nitrogen and oxygen atoms in total. The van der Waals surface area contributed by atoms with Crippen molar-refractivity contribution in [3.05, 3.63) is 41.5 Å². The topological polar surface area (TPSA) is 68.5 Å². The van der Waals surface area contributed by atoms with Crippen molar-refractivity contribution in [1.29, 1.82) is 0 Å². The van der Waals surface area contributed by atoms with E-state index in [-0.39, 0.29) is 18.1 Å². The van der Waals surface area contributed by atoms with Gasteiger partial charge in [0.1, 0.15) is 36.7 Å². The Kier molecular flexibility index (Phi) is 6.15. The molecule has 29 heavy (non-hydrogen) atoms. The number of nitrogens with zero attached hydrogens (tertiary/aromatic N) is 2. The number of fused-ring (bicyclic) bond motifs is 1. The number of amides is 1. The first-order valence-corrected chi connectivity index (χ1v) is 11.4. The van der Waals surface area contributed by atoms with Crippen LogP contribution < -0.4 is 10.2 Å². The summed E-state index contributed by atoms with van der Waals surface area (Å²) in [5, 5.41) is 6.11. The number of aromatic nitrogens is 2. The third-order valence-electron chi connectivity index (χ3n) is 4.89. The van der Waals surface area contributed by atoms with Gasteiger partial charge in [0.25, 0.3) is 5.91 Å². The van der Waals surface area contributed by atoms with Gasteiger partial charge in [-0.1, -0.05) is 23.9 Å². The Hall–Kier alpha value is -2.00. The van der Waals surface area contributed by atoms with Crippen LogP contribution in [-0.2, 0) is 9.53 Å². The van der Waals surface area contributed by atoms with E-state index in [4.69, 9.17) is 4.74 Å². The normalized spacial score (nSPS) is 22.0. The predicted octanol–water partition coefficient (Wildman–Crippen LogP) is 2.78. The molecule has 1 saturated heterocycles. The zero-order valence-corrected chi connectivity index (χ0v) is 18.4. The van der Waals surface area contributed by atoms with Gasteiger partial charge in [-0.3, -0.25) is 4.79 Å². The molecule has 1 aliphatic heterocycles. The summed E-state index contributed by atoms with van der Waals surface area (Å²) in [6.07, 6.45) is 1.97. The van der Waals surface area contributed by atoms with Crippen molar-refractivity contribution in [3.63, 3.8) is 0 Å². The molecule has 3 heterocycles. The van der Waals surface area contributed by atoms with Crippen molar-refractivity contribution < 1.29 is 14.4 Å². The van der Waals surface area contributed by atoms with Crippen LogP contribution in [-0.4, -0.2) is 47.7 Å². The van der Waals surface area contributed by atoms with Crippen LogP contribution in [0.4, 0.5) is 5.69 Å². The summed E-state index contributed by atoms with van der Waals surface area (Å²) in [5.41, 5.74) is 2.97. The summed E-state index contributed by atoms with van der Waals surface area (Å²) < 4.78 is 6.85. The maximum absolute atomic E-state index is 12.7. The van der Waals surface area contributed by atoms with E-state index in [9.17, 15) is 4.79 Å². The lowest BCUT2D eigenvalue weighted by Gasteiger charge is -2.31. The van der Waals surface area contributed by atoms with Gasteiger partial charge in [-0.15, -0.1) is 11.3 Å². The standard InChI is InChI=1S/C21H24N4O2S2/c1-13-11-28-20-19(13)22-12-23-21(20)29-17-7-5-4-6-16(17)24-18(26)10-25-8-14(2)27-15(3)9-25/h4-7,11-12,14-15H,8-10H2,1-3H3,(H,24,26)/p+1/t14-,15+. The van der Waals surface area contributed by atoms with Crippen LogP contribution in [0.3, 0.4) is 0 Å². The van der Waals surface area contributed by atoms with E-state index in [1.165, 1.54) is 4.90 Å². The fourth-order valence-corrected chi connectivity index (χ4v) is 5.77. The molecule has 0 spiro atoms. The predicted molar refractivity (Wildman–Crippen MR) is 117 cm³/mol. The molecule has 0 bridgehead atoms. The lowest BCUT2D eigenvalue weighted by molar-refractivity contribution is -0.907. The number of rotatable bonds is 5. The second-order valence-corrected chi connectivity index (χ2v) is 9.42. The van der Waals surface area contributed by atoms with Crippen molar-refractivity contribution >= 4 is 44.9 Å². The second kappa shape index (κ2) is 8.79. The van der Waals surface area contributed by atoms with Crippen molar-refractivity contribution in [2.24, 2.45) is 0 Å². The number of hydrogen-bond acceptors (Lipinski definition) is 6. The number of para-hydroxylation sites is 1. The highest BCUT2D eigenvalue weighted by atomic mass is 32.2. The monoisotopic (exact) mass is 429 g/mol. The molecule has 0 radical (unpaired) electrons. The van der Waals surface area contributed by atoms with Gasteiger partial charge in [-0.05, 0) is 43.8 Å². The molecule has 1 fully saturated rings. The van der Waals surface area contributed by atoms with E-state index in [1.807, 2.05) is 24.3 Å². The van der Waals surface area contributed by atoms with E-state index < -0.39 is 0 Å². The number of carbonyl (C=O) groups is 1. The minimum Gasteiger partial charge on any atom is -0.364 e. The van der Waals surface area contributed by atoms with Gasteiger partial charge in [0.05, 0.1) is 15.9 Å². The van der Waals surface area contributed by atoms with Gasteiger partial charge in [-0.2, -0.15) is 0 Å². The molecule has 1 aliphatic rings. The van der Waals surface area contributed by atoms with E-state index in [0.29, 0.717) is 6.54 Å². The molecule has 1 amide bonds. The number of quaternary nitrogens is 1. The highest BCUT2D eigenvalue weighted by Crippen LogP contribution is 2.38. The quantitative estimate of drug-likeness (QED) is 0.611. The van der Waals surface area contributed by atoms with E-state index in [0.717, 1.165) is 44.5 Å². The van der Waals surface area contributed by atoms with Gasteiger partial charge in [0.2, 0.25) is 0 Å². The summed E-state index contributed by atoms with van der Waals surface area (Å²) in [6, 6.07) is 7.88.